The van der Waals surface area contributed by atoms with Crippen LogP contribution in [0.5, 0.6) is 0 Å². The lowest BCUT2D eigenvalue weighted by atomic mass is 10.1. The number of nitrogens with one attached hydrogen (secondary N) is 3. The molecule has 1 aromatic heterocycles. The van der Waals surface area contributed by atoms with Crippen molar-refractivity contribution < 1.29 is 4.79 Å². The molecule has 0 saturated carbocycles. The number of carbonyl (C=O) groups excluding carboxylic acids is 1. The summed E-state index contributed by atoms with van der Waals surface area (Å²) in [6.07, 6.45) is 1.51. The molecule has 0 fully saturated rings. The van der Waals surface area contributed by atoms with E-state index in [1.165, 1.54) is 5.56 Å². The molecule has 0 aliphatic heterocycles. The molecule has 0 aliphatic rings. The Morgan fingerprint density at radius 3 is 2.39 bits per heavy atom. The lowest BCUT2D eigenvalue weighted by molar-refractivity contribution is 0.241. The van der Waals surface area contributed by atoms with E-state index in [0.29, 0.717) is 19.5 Å². The van der Waals surface area contributed by atoms with E-state index in [1.807, 2.05) is 42.5 Å². The molecule has 5 nitrogen and oxygen atoms in total. The molecule has 3 aromatic rings. The molecular weight excluding hydrogens is 288 g/mol. The second-order valence-corrected chi connectivity index (χ2v) is 5.37. The third-order valence-corrected chi connectivity index (χ3v) is 3.63. The van der Waals surface area contributed by atoms with Crippen LogP contribution in [0.25, 0.3) is 11.0 Å². The first-order valence-electron chi connectivity index (χ1n) is 7.80. The standard InChI is InChI=1S/C18H20N4O/c23-18(19-12-10-14-6-2-1-3-7-14)20-13-11-17-21-15-8-4-5-9-16(15)22-17/h1-9H,10-13H2,(H,21,22)(H2,19,20,23). The minimum atomic E-state index is -0.142. The fourth-order valence-electron chi connectivity index (χ4n) is 2.45. The van der Waals surface area contributed by atoms with Crippen LogP contribution < -0.4 is 10.6 Å². The number of aromatic nitrogens is 2. The number of hydrogen-bond donors (Lipinski definition) is 3. The van der Waals surface area contributed by atoms with Crippen LogP contribution in [0.4, 0.5) is 4.79 Å². The zero-order valence-electron chi connectivity index (χ0n) is 12.9. The third kappa shape index (κ3) is 4.32. The fraction of sp³-hybridized carbons (Fsp3) is 0.222. The monoisotopic (exact) mass is 308 g/mol. The van der Waals surface area contributed by atoms with Crippen molar-refractivity contribution >= 4 is 17.1 Å². The van der Waals surface area contributed by atoms with Crippen molar-refractivity contribution in [3.05, 3.63) is 66.0 Å². The average Bonchev–Trinajstić information content (AvgIpc) is 2.98. The van der Waals surface area contributed by atoms with Crippen molar-refractivity contribution in [2.45, 2.75) is 12.8 Å². The number of para-hydroxylation sites is 2. The first-order chi connectivity index (χ1) is 11.3. The number of benzene rings is 2. The molecule has 1 heterocycles. The van der Waals surface area contributed by atoms with Crippen molar-refractivity contribution in [2.24, 2.45) is 0 Å². The lowest BCUT2D eigenvalue weighted by Crippen LogP contribution is -2.37. The van der Waals surface area contributed by atoms with Gasteiger partial charge < -0.3 is 15.6 Å². The number of imidazole rings is 1. The quantitative estimate of drug-likeness (QED) is 0.655. The van der Waals surface area contributed by atoms with Gasteiger partial charge in [-0.1, -0.05) is 42.5 Å². The number of urea groups is 1. The molecule has 5 heteroatoms. The Morgan fingerprint density at radius 2 is 1.61 bits per heavy atom. The van der Waals surface area contributed by atoms with Crippen LogP contribution >= 0.6 is 0 Å². The molecule has 118 valence electrons. The Bertz CT molecular complexity index is 734. The normalized spacial score (nSPS) is 10.6. The molecule has 0 bridgehead atoms. The van der Waals surface area contributed by atoms with Crippen molar-refractivity contribution in [3.63, 3.8) is 0 Å². The van der Waals surface area contributed by atoms with E-state index in [2.05, 4.69) is 32.7 Å². The maximum absolute atomic E-state index is 11.7. The van der Waals surface area contributed by atoms with Gasteiger partial charge in [-0.15, -0.1) is 0 Å². The van der Waals surface area contributed by atoms with Crippen molar-refractivity contribution in [3.8, 4) is 0 Å². The van der Waals surface area contributed by atoms with E-state index in [0.717, 1.165) is 23.3 Å². The summed E-state index contributed by atoms with van der Waals surface area (Å²) in [5.41, 5.74) is 3.19. The highest BCUT2D eigenvalue weighted by Gasteiger charge is 2.03. The first kappa shape index (κ1) is 15.1. The van der Waals surface area contributed by atoms with E-state index in [4.69, 9.17) is 0 Å². The SMILES string of the molecule is O=C(NCCc1ccccc1)NCCc1nc2ccccc2[nH]1. The number of nitrogens with zero attached hydrogens (tertiary/aromatic N) is 1. The van der Waals surface area contributed by atoms with Gasteiger partial charge in [0.1, 0.15) is 5.82 Å². The summed E-state index contributed by atoms with van der Waals surface area (Å²) < 4.78 is 0. The van der Waals surface area contributed by atoms with Crippen molar-refractivity contribution in [1.29, 1.82) is 0 Å². The van der Waals surface area contributed by atoms with Gasteiger partial charge in [-0.2, -0.15) is 0 Å². The number of amides is 2. The first-order valence-corrected chi connectivity index (χ1v) is 7.80. The van der Waals surface area contributed by atoms with Crippen LogP contribution in [0.15, 0.2) is 54.6 Å². The molecule has 0 aliphatic carbocycles. The van der Waals surface area contributed by atoms with E-state index in [1.54, 1.807) is 0 Å². The summed E-state index contributed by atoms with van der Waals surface area (Å²) in [5.74, 6) is 0.885. The summed E-state index contributed by atoms with van der Waals surface area (Å²) in [6, 6.07) is 17.9. The van der Waals surface area contributed by atoms with Crippen LogP contribution in [0, 0.1) is 0 Å². The summed E-state index contributed by atoms with van der Waals surface area (Å²) >= 11 is 0. The maximum Gasteiger partial charge on any atom is 0.314 e. The van der Waals surface area contributed by atoms with E-state index >= 15 is 0 Å². The van der Waals surface area contributed by atoms with E-state index in [-0.39, 0.29) is 6.03 Å². The van der Waals surface area contributed by atoms with Crippen LogP contribution in [0.2, 0.25) is 0 Å². The number of carbonyl (C=O) groups is 1. The highest BCUT2D eigenvalue weighted by Crippen LogP contribution is 2.10. The van der Waals surface area contributed by atoms with E-state index < -0.39 is 0 Å². The smallest absolute Gasteiger partial charge is 0.314 e. The summed E-state index contributed by atoms with van der Waals surface area (Å²) in [6.45, 7) is 1.18. The van der Waals surface area contributed by atoms with Crippen molar-refractivity contribution in [1.82, 2.24) is 20.6 Å². The Morgan fingerprint density at radius 1 is 0.913 bits per heavy atom. The number of aromatic amines is 1. The maximum atomic E-state index is 11.7. The number of fused-ring (bicyclic) bond motifs is 1. The van der Waals surface area contributed by atoms with Gasteiger partial charge in [0.05, 0.1) is 11.0 Å². The van der Waals surface area contributed by atoms with Gasteiger partial charge in [-0.25, -0.2) is 9.78 Å². The molecule has 3 N–H and O–H groups in total. The van der Waals surface area contributed by atoms with Gasteiger partial charge >= 0.3 is 6.03 Å². The fourth-order valence-corrected chi connectivity index (χ4v) is 2.45. The molecule has 0 spiro atoms. The van der Waals surface area contributed by atoms with Crippen LogP contribution in [0.3, 0.4) is 0 Å². The van der Waals surface area contributed by atoms with Gasteiger partial charge in [0.25, 0.3) is 0 Å². The third-order valence-electron chi connectivity index (χ3n) is 3.63. The lowest BCUT2D eigenvalue weighted by Gasteiger charge is -2.07. The molecule has 0 radical (unpaired) electrons. The second kappa shape index (κ2) is 7.45. The summed E-state index contributed by atoms with van der Waals surface area (Å²) in [5, 5.41) is 5.72. The molecule has 3 rings (SSSR count). The van der Waals surface area contributed by atoms with Crippen LogP contribution in [0.1, 0.15) is 11.4 Å². The molecular formula is C18H20N4O. The van der Waals surface area contributed by atoms with Gasteiger partial charge in [-0.05, 0) is 24.1 Å². The molecule has 2 amide bonds. The topological polar surface area (TPSA) is 69.8 Å². The summed E-state index contributed by atoms with van der Waals surface area (Å²) in [7, 11) is 0. The van der Waals surface area contributed by atoms with Gasteiger partial charge in [0.2, 0.25) is 0 Å². The summed E-state index contributed by atoms with van der Waals surface area (Å²) in [4.78, 5) is 19.5. The minimum Gasteiger partial charge on any atom is -0.342 e. The largest absolute Gasteiger partial charge is 0.342 e. The molecule has 23 heavy (non-hydrogen) atoms. The van der Waals surface area contributed by atoms with Crippen molar-refractivity contribution in [2.75, 3.05) is 13.1 Å². The number of hydrogen-bond acceptors (Lipinski definition) is 2. The molecule has 0 atom stereocenters. The Balaban J connectivity index is 1.37. The molecule has 0 unspecified atom stereocenters. The predicted molar refractivity (Wildman–Crippen MR) is 91.3 cm³/mol. The van der Waals surface area contributed by atoms with Crippen LogP contribution in [-0.4, -0.2) is 29.1 Å². The van der Waals surface area contributed by atoms with E-state index in [9.17, 15) is 4.79 Å². The van der Waals surface area contributed by atoms with Crippen LogP contribution in [-0.2, 0) is 12.8 Å². The highest BCUT2D eigenvalue weighted by atomic mass is 16.2. The van der Waals surface area contributed by atoms with Gasteiger partial charge in [0, 0.05) is 19.5 Å². The zero-order chi connectivity index (χ0) is 15.9. The number of rotatable bonds is 6. The van der Waals surface area contributed by atoms with Gasteiger partial charge in [-0.3, -0.25) is 0 Å². The highest BCUT2D eigenvalue weighted by molar-refractivity contribution is 5.75. The predicted octanol–water partition coefficient (Wildman–Crippen LogP) is 2.65. The van der Waals surface area contributed by atoms with Gasteiger partial charge in [0.15, 0.2) is 0 Å². The zero-order valence-corrected chi connectivity index (χ0v) is 12.9. The molecule has 0 saturated heterocycles. The second-order valence-electron chi connectivity index (χ2n) is 5.37. The average molecular weight is 308 g/mol. The molecule has 2 aromatic carbocycles. The Hall–Kier alpha value is -2.82. The number of H-pyrrole nitrogens is 1. The Kier molecular flexibility index (Phi) is 4.88. The minimum absolute atomic E-state index is 0.142. The Labute approximate surface area is 135 Å².